The zero-order valence-electron chi connectivity index (χ0n) is 53.4. The van der Waals surface area contributed by atoms with Gasteiger partial charge < -0.3 is 42.2 Å². The molecule has 0 fully saturated rings. The van der Waals surface area contributed by atoms with E-state index in [-0.39, 0.29) is 0 Å². The minimum absolute atomic E-state index is 0.427. The van der Waals surface area contributed by atoms with Crippen LogP contribution in [-0.2, 0) is 10.8 Å². The Morgan fingerprint density at radius 3 is 0.959 bits per heavy atom. The lowest BCUT2D eigenvalue weighted by molar-refractivity contribution is 0.333. The van der Waals surface area contributed by atoms with Gasteiger partial charge in [-0.3, -0.25) is 0 Å². The molecule has 10 heteroatoms. The molecule has 0 radical (unpaired) electrons. The monoisotopic (exact) mass is 1250 g/mol. The van der Waals surface area contributed by atoms with Crippen molar-refractivity contribution in [2.75, 3.05) is 14.7 Å². The summed E-state index contributed by atoms with van der Waals surface area (Å²) in [6.07, 6.45) is 1.62. The van der Waals surface area contributed by atoms with Crippen LogP contribution in [0.1, 0.15) is 57.2 Å². The summed E-state index contributed by atoms with van der Waals surface area (Å²) in [5, 5.41) is 19.1. The van der Waals surface area contributed by atoms with Crippen molar-refractivity contribution in [3.8, 4) is 73.9 Å². The van der Waals surface area contributed by atoms with Gasteiger partial charge >= 0.3 is 0 Å². The van der Waals surface area contributed by atoms with E-state index in [0.717, 1.165) is 152 Å². The fraction of sp³-hybridized carbons (Fsp3) is 0.0920. The van der Waals surface area contributed by atoms with E-state index in [1.54, 1.807) is 0 Å². The Morgan fingerprint density at radius 1 is 0.289 bits per heavy atom. The van der Waals surface area contributed by atoms with E-state index in [9.17, 15) is 5.26 Å². The van der Waals surface area contributed by atoms with Crippen LogP contribution >= 0.6 is 0 Å². The summed E-state index contributed by atoms with van der Waals surface area (Å²) >= 11 is 0. The molecule has 0 unspecified atom stereocenters. The molecule has 13 aromatic carbocycles. The van der Waals surface area contributed by atoms with Gasteiger partial charge in [0.15, 0.2) is 34.5 Å². The van der Waals surface area contributed by atoms with Gasteiger partial charge in [0.2, 0.25) is 0 Å². The molecule has 3 aliphatic heterocycles. The zero-order chi connectivity index (χ0) is 64.6. The number of nitriles is 1. The van der Waals surface area contributed by atoms with Crippen LogP contribution in [0.3, 0.4) is 0 Å². The fourth-order valence-corrected chi connectivity index (χ4v) is 15.9. The summed E-state index contributed by atoms with van der Waals surface area (Å²) in [4.78, 5) is 7.09. The molecule has 3 aromatic heterocycles. The SMILES string of the molecule is CC1(C)CCC(C)(C)c2c(N3c4ccc(-c5ccccc5)cc4Oc4cc5oc6ccccc6c5cc43)c(N3c4ccc(-c5ccccc5)cc4Oc4cc5oc6ccccc6c5cc43)c(C#N)c(N3c4ccc(-c5ccccc5)cc4Oc4cc5oc6ccccc6c5cc43)c21. The largest absolute Gasteiger partial charge is 0.456 e. The highest BCUT2D eigenvalue weighted by Crippen LogP contribution is 2.68. The number of nitrogens with zero attached hydrogens (tertiary/aromatic N) is 4. The molecule has 0 N–H and O–H groups in total. The molecule has 0 atom stereocenters. The number of rotatable bonds is 6. The van der Waals surface area contributed by atoms with Crippen molar-refractivity contribution in [1.29, 1.82) is 5.26 Å². The average molecular weight is 1260 g/mol. The lowest BCUT2D eigenvalue weighted by Gasteiger charge is -2.50. The normalized spacial score (nSPS) is 14.6. The summed E-state index contributed by atoms with van der Waals surface area (Å²) in [6.45, 7) is 9.51. The van der Waals surface area contributed by atoms with Crippen LogP contribution in [0.25, 0.3) is 99.2 Å². The number of hydrogen-bond acceptors (Lipinski definition) is 10. The molecule has 0 bridgehead atoms. The van der Waals surface area contributed by atoms with Gasteiger partial charge in [-0.25, -0.2) is 0 Å². The van der Waals surface area contributed by atoms with Crippen LogP contribution in [0, 0.1) is 11.3 Å². The molecule has 4 aliphatic rings. The third-order valence-electron chi connectivity index (χ3n) is 20.6. The second-order valence-corrected chi connectivity index (χ2v) is 27.3. The number of ether oxygens (including phenoxy) is 3. The van der Waals surface area contributed by atoms with Gasteiger partial charge in [0.25, 0.3) is 0 Å². The number of para-hydroxylation sites is 3. The Kier molecular flexibility index (Phi) is 11.5. The number of hydrogen-bond donors (Lipinski definition) is 0. The van der Waals surface area contributed by atoms with Gasteiger partial charge in [0.1, 0.15) is 45.1 Å². The molecular weight excluding hydrogens is 1200 g/mol. The predicted molar refractivity (Wildman–Crippen MR) is 389 cm³/mol. The average Bonchev–Trinajstić information content (AvgIpc) is 0.848. The third kappa shape index (κ3) is 8.18. The Bertz CT molecular complexity index is 6090. The first-order valence-corrected chi connectivity index (χ1v) is 33.0. The minimum atomic E-state index is -0.591. The van der Waals surface area contributed by atoms with Gasteiger partial charge in [-0.2, -0.15) is 5.26 Å². The van der Waals surface area contributed by atoms with Gasteiger partial charge in [-0.1, -0.05) is 191 Å². The first-order valence-electron chi connectivity index (χ1n) is 33.0. The molecule has 0 saturated carbocycles. The van der Waals surface area contributed by atoms with Crippen LogP contribution in [0.4, 0.5) is 51.2 Å². The Hall–Kier alpha value is -12.5. The van der Waals surface area contributed by atoms with Crippen LogP contribution in [0.5, 0.6) is 34.5 Å². The number of furan rings is 3. The maximum absolute atomic E-state index is 13.5. The van der Waals surface area contributed by atoms with E-state index in [1.807, 2.05) is 72.8 Å². The molecule has 0 saturated heterocycles. The zero-order valence-corrected chi connectivity index (χ0v) is 53.4. The number of anilines is 9. The maximum atomic E-state index is 13.5. The maximum Gasteiger partial charge on any atom is 0.155 e. The van der Waals surface area contributed by atoms with Gasteiger partial charge in [0.05, 0.1) is 51.2 Å². The fourth-order valence-electron chi connectivity index (χ4n) is 15.9. The lowest BCUT2D eigenvalue weighted by Crippen LogP contribution is -2.39. The molecule has 16 aromatic rings. The summed E-state index contributed by atoms with van der Waals surface area (Å²) in [5.41, 5.74) is 18.6. The Labute approximate surface area is 558 Å². The standard InChI is InChI=1S/C87H58N4O6/c1-86(2)38-39-87(3,4)82-81(86)83(89-63-35-32-53(50-20-8-5-9-21-50)40-75(63)95-78-46-72-59(43-66(78)89)56-26-14-17-29-69(56)92-72)62(49-88)84(90-64-36-33-54(51-22-10-6-11-23-51)41-76(64)96-79-47-73-60(44-67(79)90)57-27-15-18-30-70(57)93-73)85(82)91-65-37-34-55(52-24-12-7-13-25-52)42-77(65)97-80-48-74-61(45-68(80)91)58-28-16-19-31-71(58)94-74/h5-37,40-48H,38-39H2,1-4H3. The summed E-state index contributed by atoms with van der Waals surface area (Å²) in [6, 6.07) is 91.2. The highest BCUT2D eigenvalue weighted by Gasteiger charge is 2.50. The van der Waals surface area contributed by atoms with E-state index in [0.29, 0.717) is 62.5 Å². The summed E-state index contributed by atoms with van der Waals surface area (Å²) in [7, 11) is 0. The second kappa shape index (κ2) is 20.3. The van der Waals surface area contributed by atoms with Crippen molar-refractivity contribution >= 4 is 117 Å². The molecule has 6 heterocycles. The predicted octanol–water partition coefficient (Wildman–Crippen LogP) is 25.3. The smallest absolute Gasteiger partial charge is 0.155 e. The van der Waals surface area contributed by atoms with Crippen molar-refractivity contribution in [3.63, 3.8) is 0 Å². The summed E-state index contributed by atoms with van der Waals surface area (Å²) in [5.74, 6) is 3.62. The topological polar surface area (TPSA) is 101 Å². The molecule has 10 nitrogen and oxygen atoms in total. The molecule has 20 rings (SSSR count). The highest BCUT2D eigenvalue weighted by atomic mass is 16.5. The van der Waals surface area contributed by atoms with Crippen molar-refractivity contribution in [2.45, 2.75) is 51.4 Å². The van der Waals surface area contributed by atoms with Crippen molar-refractivity contribution in [3.05, 3.63) is 271 Å². The highest BCUT2D eigenvalue weighted by molar-refractivity contribution is 6.15. The van der Waals surface area contributed by atoms with Crippen molar-refractivity contribution in [1.82, 2.24) is 0 Å². The number of benzene rings is 13. The molecule has 0 amide bonds. The van der Waals surface area contributed by atoms with Gasteiger partial charge in [-0.05, 0) is 141 Å². The van der Waals surface area contributed by atoms with Crippen LogP contribution in [-0.4, -0.2) is 0 Å². The van der Waals surface area contributed by atoms with E-state index in [4.69, 9.17) is 27.5 Å². The van der Waals surface area contributed by atoms with E-state index >= 15 is 0 Å². The quantitative estimate of drug-likeness (QED) is 0.160. The molecule has 0 spiro atoms. The summed E-state index contributed by atoms with van der Waals surface area (Å²) < 4.78 is 42.3. The van der Waals surface area contributed by atoms with E-state index in [2.05, 4.69) is 230 Å². The Balaban J connectivity index is 0.984. The molecule has 462 valence electrons. The Morgan fingerprint density at radius 2 is 0.598 bits per heavy atom. The molecule has 1 aliphatic carbocycles. The first kappa shape index (κ1) is 55.0. The van der Waals surface area contributed by atoms with Crippen molar-refractivity contribution < 1.29 is 27.5 Å². The first-order chi connectivity index (χ1) is 47.5. The van der Waals surface area contributed by atoms with E-state index in [1.165, 1.54) is 0 Å². The van der Waals surface area contributed by atoms with Crippen LogP contribution < -0.4 is 28.9 Å². The second-order valence-electron chi connectivity index (χ2n) is 27.3. The third-order valence-corrected chi connectivity index (χ3v) is 20.6. The number of fused-ring (bicyclic) bond motifs is 16. The molecular formula is C87H58N4O6. The van der Waals surface area contributed by atoms with Gasteiger partial charge in [-0.15, -0.1) is 0 Å². The van der Waals surface area contributed by atoms with Crippen molar-refractivity contribution in [2.24, 2.45) is 0 Å². The van der Waals surface area contributed by atoms with Crippen LogP contribution in [0.15, 0.2) is 268 Å². The minimum Gasteiger partial charge on any atom is -0.456 e. The molecule has 97 heavy (non-hydrogen) atoms. The van der Waals surface area contributed by atoms with Gasteiger partial charge in [0, 0.05) is 50.5 Å². The van der Waals surface area contributed by atoms with Crippen LogP contribution in [0.2, 0.25) is 0 Å². The lowest BCUT2D eigenvalue weighted by atomic mass is 9.61. The van der Waals surface area contributed by atoms with E-state index < -0.39 is 10.8 Å².